The van der Waals surface area contributed by atoms with Gasteiger partial charge in [0.1, 0.15) is 0 Å². The molecule has 56 heavy (non-hydrogen) atoms. The molecule has 11 aromatic rings. The minimum Gasteiger partial charge on any atom is -0.226 e. The first-order chi connectivity index (χ1) is 27.7. The number of hydrogen-bond donors (Lipinski definition) is 0. The highest BCUT2D eigenvalue weighted by molar-refractivity contribution is 7.27. The van der Waals surface area contributed by atoms with Gasteiger partial charge in [-0.2, -0.15) is 0 Å². The second kappa shape index (κ2) is 13.4. The molecule has 0 atom stereocenters. The summed E-state index contributed by atoms with van der Waals surface area (Å²) < 4.78 is 4.64. The number of hydrogen-bond acceptors (Lipinski definition) is 7. The number of thiophene rings is 2. The molecule has 262 valence electrons. The molecule has 0 spiro atoms. The largest absolute Gasteiger partial charge is 0.226 e. The van der Waals surface area contributed by atoms with E-state index in [2.05, 4.69) is 109 Å². The summed E-state index contributed by atoms with van der Waals surface area (Å²) >= 11 is 3.54. The van der Waals surface area contributed by atoms with Crippen LogP contribution in [0.5, 0.6) is 0 Å². The summed E-state index contributed by atoms with van der Waals surface area (Å²) in [6.07, 6.45) is 0. The summed E-state index contributed by atoms with van der Waals surface area (Å²) in [4.78, 5) is 25.5. The Balaban J connectivity index is 1.07. The van der Waals surface area contributed by atoms with Gasteiger partial charge in [-0.1, -0.05) is 164 Å². The smallest absolute Gasteiger partial charge is 0.164 e. The minimum atomic E-state index is 0.642. The molecule has 4 heterocycles. The van der Waals surface area contributed by atoms with Gasteiger partial charge >= 0.3 is 0 Å². The van der Waals surface area contributed by atoms with Crippen molar-refractivity contribution in [2.75, 3.05) is 0 Å². The van der Waals surface area contributed by atoms with Gasteiger partial charge in [-0.05, 0) is 23.3 Å². The molecular weight excluding hydrogens is 723 g/mol. The third-order valence-electron chi connectivity index (χ3n) is 10.2. The second-order valence-electron chi connectivity index (χ2n) is 13.6. The fourth-order valence-electron chi connectivity index (χ4n) is 7.41. The summed E-state index contributed by atoms with van der Waals surface area (Å²) in [6.45, 7) is 0. The Morgan fingerprint density at radius 1 is 0.304 bits per heavy atom. The third-order valence-corrected chi connectivity index (χ3v) is 12.5. The van der Waals surface area contributed by atoms with Crippen LogP contribution in [-0.4, -0.2) is 24.9 Å². The zero-order valence-electron chi connectivity index (χ0n) is 29.8. The molecule has 0 N–H and O–H groups in total. The lowest BCUT2D eigenvalue weighted by molar-refractivity contribution is 1.07. The van der Waals surface area contributed by atoms with Crippen LogP contribution >= 0.6 is 22.7 Å². The van der Waals surface area contributed by atoms with E-state index < -0.39 is 0 Å². The van der Waals surface area contributed by atoms with Gasteiger partial charge in [0, 0.05) is 58.1 Å². The molecule has 0 aliphatic carbocycles. The van der Waals surface area contributed by atoms with Crippen LogP contribution < -0.4 is 0 Å². The van der Waals surface area contributed by atoms with Gasteiger partial charge in [0.15, 0.2) is 23.3 Å². The standard InChI is InChI=1S/C49H29N5S2/c1-4-13-30(14-5-1)31-23-25-34(26-24-31)46-50-42-38-19-10-11-22-40(38)55-45(42)43(51-46)39-21-12-20-37-36-28-27-35(29-41(36)56-44(37)39)49-53-47(32-15-6-2-7-16-32)52-48(54-49)33-17-8-3-9-18-33/h1-29H. The van der Waals surface area contributed by atoms with Crippen LogP contribution in [-0.2, 0) is 0 Å². The predicted molar refractivity (Wildman–Crippen MR) is 234 cm³/mol. The highest BCUT2D eigenvalue weighted by Gasteiger charge is 2.20. The Morgan fingerprint density at radius 3 is 1.50 bits per heavy atom. The highest BCUT2D eigenvalue weighted by Crippen LogP contribution is 2.45. The van der Waals surface area contributed by atoms with Gasteiger partial charge in [0.05, 0.1) is 15.9 Å². The van der Waals surface area contributed by atoms with Crippen molar-refractivity contribution in [3.8, 4) is 67.9 Å². The van der Waals surface area contributed by atoms with E-state index in [9.17, 15) is 0 Å². The quantitative estimate of drug-likeness (QED) is 0.169. The zero-order chi connectivity index (χ0) is 37.0. The van der Waals surface area contributed by atoms with E-state index in [1.807, 2.05) is 66.7 Å². The molecule has 11 rings (SSSR count). The van der Waals surface area contributed by atoms with Crippen LogP contribution in [0.2, 0.25) is 0 Å². The summed E-state index contributed by atoms with van der Waals surface area (Å²) in [5, 5.41) is 3.53. The maximum absolute atomic E-state index is 5.38. The monoisotopic (exact) mass is 751 g/mol. The first-order valence-corrected chi connectivity index (χ1v) is 20.0. The normalized spacial score (nSPS) is 11.6. The molecule has 0 radical (unpaired) electrons. The van der Waals surface area contributed by atoms with Crippen LogP contribution in [0, 0.1) is 0 Å². The molecule has 7 aromatic carbocycles. The van der Waals surface area contributed by atoms with E-state index in [1.54, 1.807) is 22.7 Å². The van der Waals surface area contributed by atoms with E-state index >= 15 is 0 Å². The summed E-state index contributed by atoms with van der Waals surface area (Å²) in [5.74, 6) is 2.65. The number of fused-ring (bicyclic) bond motifs is 6. The van der Waals surface area contributed by atoms with Crippen molar-refractivity contribution in [1.29, 1.82) is 0 Å². The molecule has 0 saturated heterocycles. The summed E-state index contributed by atoms with van der Waals surface area (Å²) in [6, 6.07) is 60.9. The van der Waals surface area contributed by atoms with Crippen molar-refractivity contribution in [2.45, 2.75) is 0 Å². The van der Waals surface area contributed by atoms with Crippen LogP contribution in [0.3, 0.4) is 0 Å². The summed E-state index contributed by atoms with van der Waals surface area (Å²) in [7, 11) is 0. The zero-order valence-corrected chi connectivity index (χ0v) is 31.4. The van der Waals surface area contributed by atoms with Gasteiger partial charge < -0.3 is 0 Å². The molecule has 4 aromatic heterocycles. The van der Waals surface area contributed by atoms with E-state index in [4.69, 9.17) is 24.9 Å². The van der Waals surface area contributed by atoms with Crippen molar-refractivity contribution in [2.24, 2.45) is 0 Å². The SMILES string of the molecule is c1ccc(-c2ccc(-c3nc(-c4cccc5c4sc4cc(-c6nc(-c7ccccc7)nc(-c7ccccc7)n6)ccc45)c4sc5ccccc5c4n3)cc2)cc1. The maximum atomic E-state index is 5.38. The van der Waals surface area contributed by atoms with Crippen molar-refractivity contribution in [1.82, 2.24) is 24.9 Å². The average molecular weight is 752 g/mol. The van der Waals surface area contributed by atoms with Crippen molar-refractivity contribution < 1.29 is 0 Å². The van der Waals surface area contributed by atoms with Crippen LogP contribution in [0.15, 0.2) is 176 Å². The van der Waals surface area contributed by atoms with E-state index in [-0.39, 0.29) is 0 Å². The fourth-order valence-corrected chi connectivity index (χ4v) is 9.81. The first-order valence-electron chi connectivity index (χ1n) is 18.4. The van der Waals surface area contributed by atoms with Crippen LogP contribution in [0.25, 0.3) is 108 Å². The molecule has 0 saturated carbocycles. The van der Waals surface area contributed by atoms with E-state index in [0.717, 1.165) is 59.4 Å². The van der Waals surface area contributed by atoms with Crippen LogP contribution in [0.4, 0.5) is 0 Å². The Hall–Kier alpha value is -6.93. The number of benzene rings is 7. The van der Waals surface area contributed by atoms with Crippen LogP contribution in [0.1, 0.15) is 0 Å². The molecule has 7 heteroatoms. The van der Waals surface area contributed by atoms with Gasteiger partial charge in [-0.15, -0.1) is 22.7 Å². The first kappa shape index (κ1) is 32.5. The molecular formula is C49H29N5S2. The highest BCUT2D eigenvalue weighted by atomic mass is 32.1. The maximum Gasteiger partial charge on any atom is 0.164 e. The molecule has 0 bridgehead atoms. The molecule has 0 aliphatic rings. The van der Waals surface area contributed by atoms with Gasteiger partial charge in [-0.25, -0.2) is 24.9 Å². The Morgan fingerprint density at radius 2 is 0.804 bits per heavy atom. The molecule has 5 nitrogen and oxygen atoms in total. The molecule has 0 fully saturated rings. The molecule has 0 unspecified atom stereocenters. The minimum absolute atomic E-state index is 0.642. The van der Waals surface area contributed by atoms with Crippen molar-refractivity contribution in [3.63, 3.8) is 0 Å². The van der Waals surface area contributed by atoms with Gasteiger partial charge in [-0.3, -0.25) is 0 Å². The van der Waals surface area contributed by atoms with Crippen molar-refractivity contribution in [3.05, 3.63) is 176 Å². The van der Waals surface area contributed by atoms with Crippen molar-refractivity contribution >= 4 is 63.1 Å². The molecule has 0 amide bonds. The average Bonchev–Trinajstić information content (AvgIpc) is 3.85. The summed E-state index contributed by atoms with van der Waals surface area (Å²) in [5.41, 5.74) is 9.21. The van der Waals surface area contributed by atoms with Gasteiger partial charge in [0.2, 0.25) is 0 Å². The van der Waals surface area contributed by atoms with E-state index in [1.165, 1.54) is 25.7 Å². The van der Waals surface area contributed by atoms with E-state index in [0.29, 0.717) is 23.3 Å². The third kappa shape index (κ3) is 5.64. The number of nitrogens with zero attached hydrogens (tertiary/aromatic N) is 5. The fraction of sp³-hybridized carbons (Fsp3) is 0. The molecule has 0 aliphatic heterocycles. The van der Waals surface area contributed by atoms with Gasteiger partial charge in [0.25, 0.3) is 0 Å². The Bertz CT molecular complexity index is 3170. The Labute approximate surface area is 330 Å². The second-order valence-corrected chi connectivity index (χ2v) is 15.8. The number of aromatic nitrogens is 5. The topological polar surface area (TPSA) is 64.5 Å². The lowest BCUT2D eigenvalue weighted by Crippen LogP contribution is -1.99. The lowest BCUT2D eigenvalue weighted by atomic mass is 10.0. The predicted octanol–water partition coefficient (Wildman–Crippen LogP) is 13.4. The number of rotatable bonds is 6. The lowest BCUT2D eigenvalue weighted by Gasteiger charge is -2.09. The Kier molecular flexibility index (Phi) is 7.79.